The average molecular weight is 393 g/mol. The number of hydrogen-bond acceptors (Lipinski definition) is 4. The van der Waals surface area contributed by atoms with Gasteiger partial charge >= 0.3 is 0 Å². The zero-order valence-electron chi connectivity index (χ0n) is 18.8. The fourth-order valence-corrected chi connectivity index (χ4v) is 5.30. The molecule has 0 unspecified atom stereocenters. The van der Waals surface area contributed by atoms with Gasteiger partial charge < -0.3 is 20.0 Å². The fraction of sp³-hybridized carbons (Fsp3) is 0.909. The third-order valence-electron chi connectivity index (χ3n) is 6.56. The topological polar surface area (TPSA) is 55.9 Å². The fourth-order valence-electron chi connectivity index (χ4n) is 5.30. The van der Waals surface area contributed by atoms with Gasteiger partial charge in [0.2, 0.25) is 11.8 Å². The predicted molar refractivity (Wildman–Crippen MR) is 112 cm³/mol. The summed E-state index contributed by atoms with van der Waals surface area (Å²) < 4.78 is 0. The Morgan fingerprint density at radius 3 is 2.43 bits per heavy atom. The SMILES string of the molecule is CC(C)CN1CCC2(CC1)CC(=O)N1C[C@@H](N(C)CC(C)(C)C)C[C@H]1C(=O)N2. The second kappa shape index (κ2) is 7.94. The van der Waals surface area contributed by atoms with Crippen LogP contribution in [0.5, 0.6) is 0 Å². The van der Waals surface area contributed by atoms with Crippen LogP contribution in [0.3, 0.4) is 0 Å². The van der Waals surface area contributed by atoms with Crippen molar-refractivity contribution in [1.29, 1.82) is 0 Å². The van der Waals surface area contributed by atoms with E-state index in [-0.39, 0.29) is 34.9 Å². The Labute approximate surface area is 171 Å². The van der Waals surface area contributed by atoms with Gasteiger partial charge in [-0.15, -0.1) is 0 Å². The molecule has 28 heavy (non-hydrogen) atoms. The van der Waals surface area contributed by atoms with Crippen LogP contribution in [0.2, 0.25) is 0 Å². The maximum Gasteiger partial charge on any atom is 0.243 e. The van der Waals surface area contributed by atoms with Gasteiger partial charge in [-0.25, -0.2) is 0 Å². The molecule has 0 bridgehead atoms. The summed E-state index contributed by atoms with van der Waals surface area (Å²) in [5.74, 6) is 0.869. The van der Waals surface area contributed by atoms with E-state index in [9.17, 15) is 9.59 Å². The summed E-state index contributed by atoms with van der Waals surface area (Å²) in [6, 6.07) is -0.0335. The Bertz CT molecular complexity index is 562. The van der Waals surface area contributed by atoms with Crippen molar-refractivity contribution in [2.24, 2.45) is 11.3 Å². The molecule has 6 heteroatoms. The molecule has 2 amide bonds. The highest BCUT2D eigenvalue weighted by Crippen LogP contribution is 2.34. The van der Waals surface area contributed by atoms with Gasteiger partial charge in [0.1, 0.15) is 6.04 Å². The maximum absolute atomic E-state index is 13.1. The zero-order chi connectivity index (χ0) is 20.7. The van der Waals surface area contributed by atoms with Crippen molar-refractivity contribution in [3.05, 3.63) is 0 Å². The first kappa shape index (κ1) is 21.6. The quantitative estimate of drug-likeness (QED) is 0.794. The molecule has 0 saturated carbocycles. The van der Waals surface area contributed by atoms with Crippen LogP contribution in [0.4, 0.5) is 0 Å². The Morgan fingerprint density at radius 1 is 1.21 bits per heavy atom. The molecule has 0 aromatic rings. The van der Waals surface area contributed by atoms with E-state index in [0.717, 1.165) is 45.4 Å². The van der Waals surface area contributed by atoms with Crippen molar-refractivity contribution in [2.75, 3.05) is 39.8 Å². The second-order valence-electron chi connectivity index (χ2n) is 11.1. The van der Waals surface area contributed by atoms with E-state index < -0.39 is 0 Å². The number of hydrogen-bond donors (Lipinski definition) is 1. The van der Waals surface area contributed by atoms with E-state index >= 15 is 0 Å². The van der Waals surface area contributed by atoms with E-state index in [2.05, 4.69) is 56.8 Å². The number of nitrogens with one attached hydrogen (secondary N) is 1. The van der Waals surface area contributed by atoms with Gasteiger partial charge in [0.25, 0.3) is 0 Å². The van der Waals surface area contributed by atoms with Crippen LogP contribution in [0.1, 0.15) is 60.3 Å². The van der Waals surface area contributed by atoms with Gasteiger partial charge in [0.05, 0.1) is 12.0 Å². The van der Waals surface area contributed by atoms with Crippen LogP contribution in [0.15, 0.2) is 0 Å². The van der Waals surface area contributed by atoms with Crippen molar-refractivity contribution in [3.63, 3.8) is 0 Å². The highest BCUT2D eigenvalue weighted by atomic mass is 16.2. The van der Waals surface area contributed by atoms with Gasteiger partial charge in [-0.1, -0.05) is 34.6 Å². The number of carbonyl (C=O) groups excluding carboxylic acids is 2. The average Bonchev–Trinajstić information content (AvgIpc) is 2.97. The number of rotatable bonds is 4. The lowest BCUT2D eigenvalue weighted by atomic mass is 9.83. The third kappa shape index (κ3) is 4.88. The molecule has 3 fully saturated rings. The normalized spacial score (nSPS) is 28.8. The summed E-state index contributed by atoms with van der Waals surface area (Å²) in [5, 5.41) is 3.33. The maximum atomic E-state index is 13.1. The molecular weight excluding hydrogens is 352 g/mol. The van der Waals surface area contributed by atoms with E-state index in [1.54, 1.807) is 0 Å². The van der Waals surface area contributed by atoms with Crippen LogP contribution in [-0.2, 0) is 9.59 Å². The molecule has 3 rings (SSSR count). The molecule has 2 atom stereocenters. The Kier molecular flexibility index (Phi) is 6.12. The van der Waals surface area contributed by atoms with Crippen LogP contribution in [0, 0.1) is 11.3 Å². The molecule has 0 aliphatic carbocycles. The van der Waals surface area contributed by atoms with E-state index in [0.29, 0.717) is 18.9 Å². The number of likely N-dealkylation sites (tertiary alicyclic amines) is 1. The number of likely N-dealkylation sites (N-methyl/N-ethyl adjacent to an activating group) is 1. The Morgan fingerprint density at radius 2 is 1.86 bits per heavy atom. The molecule has 3 heterocycles. The minimum atomic E-state index is -0.335. The number of nitrogens with zero attached hydrogens (tertiary/aromatic N) is 3. The zero-order valence-corrected chi connectivity index (χ0v) is 18.8. The summed E-state index contributed by atoms with van der Waals surface area (Å²) in [6.07, 6.45) is 2.97. The standard InChI is InChI=1S/C22H40N4O2/c1-16(2)13-25-9-7-22(8-10-25)12-19(27)26-14-17(11-18(26)20(28)23-22)24(6)15-21(3,4)5/h16-18H,7-15H2,1-6H3,(H,23,28)/t17-,18-/m0/s1. The van der Waals surface area contributed by atoms with Crippen LogP contribution in [-0.4, -0.2) is 83.9 Å². The van der Waals surface area contributed by atoms with Gasteiger partial charge in [-0.3, -0.25) is 9.59 Å². The van der Waals surface area contributed by atoms with Crippen LogP contribution in [0.25, 0.3) is 0 Å². The predicted octanol–water partition coefficient (Wildman–Crippen LogP) is 1.94. The highest BCUT2D eigenvalue weighted by molar-refractivity contribution is 5.92. The van der Waals surface area contributed by atoms with Gasteiger partial charge in [-0.05, 0) is 37.6 Å². The molecule has 0 radical (unpaired) electrons. The third-order valence-corrected chi connectivity index (χ3v) is 6.56. The second-order valence-corrected chi connectivity index (χ2v) is 11.1. The van der Waals surface area contributed by atoms with Crippen LogP contribution >= 0.6 is 0 Å². The largest absolute Gasteiger partial charge is 0.348 e. The minimum Gasteiger partial charge on any atom is -0.348 e. The molecule has 1 spiro atoms. The molecule has 3 aliphatic heterocycles. The molecule has 3 saturated heterocycles. The molecule has 6 nitrogen and oxygen atoms in total. The van der Waals surface area contributed by atoms with Crippen molar-refractivity contribution >= 4 is 11.8 Å². The molecule has 1 N–H and O–H groups in total. The molecule has 160 valence electrons. The first-order valence-electron chi connectivity index (χ1n) is 11.0. The Hall–Kier alpha value is -1.14. The Balaban J connectivity index is 1.64. The number of amides is 2. The molecular formula is C22H40N4O2. The van der Waals surface area contributed by atoms with E-state index in [1.807, 2.05) is 4.90 Å². The molecule has 0 aromatic heterocycles. The molecule has 3 aliphatic rings. The highest BCUT2D eigenvalue weighted by Gasteiger charge is 2.49. The van der Waals surface area contributed by atoms with Crippen molar-refractivity contribution in [3.8, 4) is 0 Å². The summed E-state index contributed by atoms with van der Waals surface area (Å²) >= 11 is 0. The summed E-state index contributed by atoms with van der Waals surface area (Å²) in [4.78, 5) is 32.9. The van der Waals surface area contributed by atoms with Crippen molar-refractivity contribution in [1.82, 2.24) is 20.0 Å². The van der Waals surface area contributed by atoms with Crippen molar-refractivity contribution < 1.29 is 9.59 Å². The first-order chi connectivity index (χ1) is 13.0. The van der Waals surface area contributed by atoms with Crippen LogP contribution < -0.4 is 5.32 Å². The summed E-state index contributed by atoms with van der Waals surface area (Å²) in [7, 11) is 2.12. The van der Waals surface area contributed by atoms with Gasteiger partial charge in [-0.2, -0.15) is 0 Å². The number of carbonyl (C=O) groups is 2. The number of piperidine rings is 1. The lowest BCUT2D eigenvalue weighted by Gasteiger charge is -2.42. The van der Waals surface area contributed by atoms with Gasteiger partial charge in [0, 0.05) is 38.8 Å². The minimum absolute atomic E-state index is 0.0646. The summed E-state index contributed by atoms with van der Waals surface area (Å²) in [5.41, 5.74) is -0.131. The van der Waals surface area contributed by atoms with E-state index in [4.69, 9.17) is 0 Å². The van der Waals surface area contributed by atoms with E-state index in [1.165, 1.54) is 0 Å². The lowest BCUT2D eigenvalue weighted by molar-refractivity contribution is -0.135. The lowest BCUT2D eigenvalue weighted by Crippen LogP contribution is -2.56. The first-order valence-corrected chi connectivity index (χ1v) is 11.0. The smallest absolute Gasteiger partial charge is 0.243 e. The van der Waals surface area contributed by atoms with Gasteiger partial charge in [0.15, 0.2) is 0 Å². The number of fused-ring (bicyclic) bond motifs is 1. The summed E-state index contributed by atoms with van der Waals surface area (Å²) in [6.45, 7) is 15.8. The molecule has 0 aromatic carbocycles. The monoisotopic (exact) mass is 392 g/mol. The van der Waals surface area contributed by atoms with Crippen molar-refractivity contribution in [2.45, 2.75) is 77.9 Å².